The van der Waals surface area contributed by atoms with Gasteiger partial charge in [0, 0.05) is 17.2 Å². The minimum absolute atomic E-state index is 0.0979. The van der Waals surface area contributed by atoms with E-state index in [0.717, 1.165) is 5.46 Å². The fourth-order valence-electron chi connectivity index (χ4n) is 2.62. The van der Waals surface area contributed by atoms with E-state index < -0.39 is 24.4 Å². The number of nitrogens with zero attached hydrogens (tertiary/aromatic N) is 2. The number of carboxylic acid groups (broad SMARTS) is 1. The van der Waals surface area contributed by atoms with Crippen molar-refractivity contribution in [3.8, 4) is 11.5 Å². The highest BCUT2D eigenvalue weighted by Crippen LogP contribution is 2.36. The molecule has 26 heavy (non-hydrogen) atoms. The number of hydrogen-bond acceptors (Lipinski definition) is 6. The van der Waals surface area contributed by atoms with Gasteiger partial charge in [-0.15, -0.1) is 0 Å². The molecule has 2 aromatic rings. The summed E-state index contributed by atoms with van der Waals surface area (Å²) in [4.78, 5) is 15.2. The van der Waals surface area contributed by atoms with Crippen LogP contribution in [0.5, 0.6) is 0 Å². The standard InChI is InChI=1S/C17H22BN3O5/c1-10-12(9-20-15(22)23)14(24-21-10)13-7-6-11(8-19-13)18-25-16(2,3)17(4,5)26-18/h6-8,20H,9H2,1-5H3,(H,22,23). The highest BCUT2D eigenvalue weighted by atomic mass is 16.7. The average Bonchev–Trinajstić information content (AvgIpc) is 3.02. The molecular weight excluding hydrogens is 337 g/mol. The minimum Gasteiger partial charge on any atom is -0.465 e. The Hall–Kier alpha value is -2.39. The van der Waals surface area contributed by atoms with Crippen LogP contribution in [-0.4, -0.2) is 39.7 Å². The summed E-state index contributed by atoms with van der Waals surface area (Å²) in [6.45, 7) is 9.83. The second kappa shape index (κ2) is 6.41. The topological polar surface area (TPSA) is 107 Å². The molecule has 0 aliphatic carbocycles. The SMILES string of the molecule is Cc1noc(-c2ccc(B3OC(C)(C)C(C)(C)O3)cn2)c1CNC(=O)O. The normalized spacial score (nSPS) is 18.1. The molecule has 0 bridgehead atoms. The Morgan fingerprint density at radius 2 is 1.88 bits per heavy atom. The maximum absolute atomic E-state index is 10.7. The summed E-state index contributed by atoms with van der Waals surface area (Å²) in [6.07, 6.45) is 0.560. The molecule has 0 spiro atoms. The Bertz CT molecular complexity index is 800. The van der Waals surface area contributed by atoms with E-state index in [1.807, 2.05) is 33.8 Å². The van der Waals surface area contributed by atoms with Gasteiger partial charge in [0.15, 0.2) is 5.76 Å². The Balaban J connectivity index is 1.82. The molecule has 0 radical (unpaired) electrons. The lowest BCUT2D eigenvalue weighted by molar-refractivity contribution is 0.00578. The van der Waals surface area contributed by atoms with E-state index in [1.165, 1.54) is 0 Å². The van der Waals surface area contributed by atoms with Crippen LogP contribution in [0.2, 0.25) is 0 Å². The van der Waals surface area contributed by atoms with Gasteiger partial charge in [0.25, 0.3) is 0 Å². The summed E-state index contributed by atoms with van der Waals surface area (Å²) in [6, 6.07) is 3.64. The summed E-state index contributed by atoms with van der Waals surface area (Å²) >= 11 is 0. The molecule has 1 amide bonds. The maximum atomic E-state index is 10.7. The largest absolute Gasteiger partial charge is 0.496 e. The van der Waals surface area contributed by atoms with Gasteiger partial charge >= 0.3 is 13.2 Å². The van der Waals surface area contributed by atoms with E-state index in [4.69, 9.17) is 18.9 Å². The van der Waals surface area contributed by atoms with E-state index in [0.29, 0.717) is 22.7 Å². The molecule has 1 saturated heterocycles. The van der Waals surface area contributed by atoms with E-state index in [9.17, 15) is 4.79 Å². The predicted octanol–water partition coefficient (Wildman–Crippen LogP) is 2.11. The first-order chi connectivity index (χ1) is 12.1. The third-order valence-corrected chi connectivity index (χ3v) is 4.95. The van der Waals surface area contributed by atoms with Crippen LogP contribution in [0.25, 0.3) is 11.5 Å². The van der Waals surface area contributed by atoms with Gasteiger partial charge < -0.3 is 24.3 Å². The number of hydrogen-bond donors (Lipinski definition) is 2. The summed E-state index contributed by atoms with van der Waals surface area (Å²) in [5.74, 6) is 0.441. The maximum Gasteiger partial charge on any atom is 0.496 e. The molecule has 2 N–H and O–H groups in total. The lowest BCUT2D eigenvalue weighted by atomic mass is 9.80. The van der Waals surface area contributed by atoms with Crippen molar-refractivity contribution in [3.63, 3.8) is 0 Å². The highest BCUT2D eigenvalue weighted by molar-refractivity contribution is 6.62. The van der Waals surface area contributed by atoms with Crippen molar-refractivity contribution in [3.05, 3.63) is 29.6 Å². The zero-order valence-electron chi connectivity index (χ0n) is 15.5. The van der Waals surface area contributed by atoms with Crippen LogP contribution >= 0.6 is 0 Å². The van der Waals surface area contributed by atoms with Crippen LogP contribution in [0.15, 0.2) is 22.9 Å². The Morgan fingerprint density at radius 3 is 2.42 bits per heavy atom. The molecule has 9 heteroatoms. The van der Waals surface area contributed by atoms with E-state index >= 15 is 0 Å². The van der Waals surface area contributed by atoms with Crippen molar-refractivity contribution < 1.29 is 23.7 Å². The number of carbonyl (C=O) groups is 1. The van der Waals surface area contributed by atoms with Gasteiger partial charge in [-0.05, 0) is 40.7 Å². The van der Waals surface area contributed by atoms with E-state index in [-0.39, 0.29) is 6.54 Å². The first-order valence-corrected chi connectivity index (χ1v) is 8.34. The van der Waals surface area contributed by atoms with Gasteiger partial charge in [-0.1, -0.05) is 11.2 Å². The van der Waals surface area contributed by atoms with Crippen molar-refractivity contribution in [2.45, 2.75) is 52.4 Å². The van der Waals surface area contributed by atoms with Crippen molar-refractivity contribution in [1.29, 1.82) is 0 Å². The molecule has 2 aromatic heterocycles. The summed E-state index contributed by atoms with van der Waals surface area (Å²) in [5, 5.41) is 15.0. The molecule has 3 heterocycles. The molecule has 0 aromatic carbocycles. The van der Waals surface area contributed by atoms with Crippen LogP contribution in [0.3, 0.4) is 0 Å². The van der Waals surface area contributed by atoms with Gasteiger partial charge in [0.05, 0.1) is 23.4 Å². The molecule has 0 saturated carbocycles. The first-order valence-electron chi connectivity index (χ1n) is 8.34. The van der Waals surface area contributed by atoms with Crippen molar-refractivity contribution in [2.75, 3.05) is 0 Å². The molecule has 138 valence electrons. The molecule has 1 fully saturated rings. The smallest absolute Gasteiger partial charge is 0.465 e. The van der Waals surface area contributed by atoms with Crippen LogP contribution in [0.1, 0.15) is 39.0 Å². The lowest BCUT2D eigenvalue weighted by Crippen LogP contribution is -2.41. The lowest BCUT2D eigenvalue weighted by Gasteiger charge is -2.32. The van der Waals surface area contributed by atoms with Crippen LogP contribution in [-0.2, 0) is 15.9 Å². The molecule has 1 aliphatic rings. The average molecular weight is 359 g/mol. The summed E-state index contributed by atoms with van der Waals surface area (Å²) < 4.78 is 17.4. The van der Waals surface area contributed by atoms with Gasteiger partial charge in [0.1, 0.15) is 5.69 Å². The molecule has 0 atom stereocenters. The number of rotatable bonds is 4. The van der Waals surface area contributed by atoms with E-state index in [1.54, 1.807) is 19.2 Å². The van der Waals surface area contributed by atoms with Gasteiger partial charge in [-0.2, -0.15) is 0 Å². The molecule has 8 nitrogen and oxygen atoms in total. The van der Waals surface area contributed by atoms with Crippen molar-refractivity contribution in [1.82, 2.24) is 15.5 Å². The third-order valence-electron chi connectivity index (χ3n) is 4.95. The monoisotopic (exact) mass is 359 g/mol. The molecule has 1 aliphatic heterocycles. The Kier molecular flexibility index (Phi) is 4.53. The minimum atomic E-state index is -1.11. The first kappa shape index (κ1) is 18.4. The Labute approximate surface area is 152 Å². The van der Waals surface area contributed by atoms with Crippen LogP contribution < -0.4 is 10.8 Å². The zero-order valence-corrected chi connectivity index (χ0v) is 15.5. The number of pyridine rings is 1. The second-order valence-corrected chi connectivity index (χ2v) is 7.30. The number of amides is 1. The molecule has 3 rings (SSSR count). The van der Waals surface area contributed by atoms with E-state index in [2.05, 4.69) is 15.5 Å². The van der Waals surface area contributed by atoms with Crippen molar-refractivity contribution in [2.24, 2.45) is 0 Å². The number of aromatic nitrogens is 2. The van der Waals surface area contributed by atoms with Gasteiger partial charge in [0.2, 0.25) is 0 Å². The quantitative estimate of drug-likeness (QED) is 0.805. The summed E-state index contributed by atoms with van der Waals surface area (Å²) in [7, 11) is -0.494. The number of nitrogens with one attached hydrogen (secondary N) is 1. The second-order valence-electron chi connectivity index (χ2n) is 7.30. The van der Waals surface area contributed by atoms with Crippen LogP contribution in [0.4, 0.5) is 4.79 Å². The van der Waals surface area contributed by atoms with Crippen molar-refractivity contribution >= 4 is 18.7 Å². The number of aryl methyl sites for hydroxylation is 1. The fraction of sp³-hybridized carbons (Fsp3) is 0.471. The predicted molar refractivity (Wildman–Crippen MR) is 95.1 cm³/mol. The molecular formula is C17H22BN3O5. The molecule has 0 unspecified atom stereocenters. The van der Waals surface area contributed by atoms with Crippen LogP contribution in [0, 0.1) is 6.92 Å². The highest BCUT2D eigenvalue weighted by Gasteiger charge is 2.51. The zero-order chi connectivity index (χ0) is 19.1. The Morgan fingerprint density at radius 1 is 1.23 bits per heavy atom. The van der Waals surface area contributed by atoms with Gasteiger partial charge in [-0.25, -0.2) is 4.79 Å². The fourth-order valence-corrected chi connectivity index (χ4v) is 2.62. The van der Waals surface area contributed by atoms with Gasteiger partial charge in [-0.3, -0.25) is 4.98 Å². The third kappa shape index (κ3) is 3.32. The summed E-state index contributed by atoms with van der Waals surface area (Å²) in [5.41, 5.74) is 1.79.